The van der Waals surface area contributed by atoms with E-state index in [1.807, 2.05) is 0 Å². The van der Waals surface area contributed by atoms with Gasteiger partial charge < -0.3 is 33.9 Å². The minimum absolute atomic E-state index is 0.567. The Morgan fingerprint density at radius 2 is 1.90 bits per heavy atom. The Labute approximate surface area is 173 Å². The zero-order valence-electron chi connectivity index (χ0n) is 15.0. The molecule has 0 bridgehead atoms. The first-order chi connectivity index (χ1) is 14.0. The lowest BCUT2D eigenvalue weighted by Gasteiger charge is -2.35. The molecule has 3 unspecified atom stereocenters. The number of ketones is 1. The number of halogens is 1. The topological polar surface area (TPSA) is 235 Å². The Hall–Kier alpha value is -1.12. The van der Waals surface area contributed by atoms with Gasteiger partial charge in [0, 0.05) is 6.20 Å². The first-order valence-corrected chi connectivity index (χ1v) is 12.3. The van der Waals surface area contributed by atoms with Crippen LogP contribution < -0.4 is 14.7 Å². The predicted octanol–water partition coefficient (Wildman–Crippen LogP) is -2.27. The number of aliphatic hydroxyl groups excluding tert-OH is 1. The third-order valence-electron chi connectivity index (χ3n) is 3.90. The SMILES string of the molecule is C=C[C@]1(COP(=O)([O-])OP(=O)([O-])OP(=O)([O-])O)O[C@@H](N2C=CC(=O)CC2=O)[C@H](O)[C@@H]1F. The quantitative estimate of drug-likeness (QED) is 0.190. The molecule has 0 spiro atoms. The van der Waals surface area contributed by atoms with Gasteiger partial charge in [-0.3, -0.25) is 28.2 Å². The fraction of sp³-hybridized carbons (Fsp3) is 0.500. The zero-order valence-corrected chi connectivity index (χ0v) is 17.7. The molecule has 0 saturated carbocycles. The third-order valence-corrected chi connectivity index (χ3v) is 7.58. The Morgan fingerprint density at radius 3 is 2.42 bits per heavy atom. The standard InChI is InChI=1S/C12H17FNO14P3/c1-2-12(6-25-30(21,22)28-31(23,24)27-29(18,19)20)10(13)9(17)11(26-12)14-4-3-7(15)5-8(14)16/h2-4,9-11,17H,1,5-6H2,(H,21,22)(H,23,24)(H2,18,19,20)/p-3/t9-,10+,11-,12-/m1/s1. The molecule has 0 aromatic rings. The lowest BCUT2D eigenvalue weighted by Crippen LogP contribution is -2.45. The molecule has 1 saturated heterocycles. The van der Waals surface area contributed by atoms with Gasteiger partial charge in [0.2, 0.25) is 5.91 Å². The average molecular weight is 508 g/mol. The van der Waals surface area contributed by atoms with E-state index in [2.05, 4.69) is 19.7 Å². The summed E-state index contributed by atoms with van der Waals surface area (Å²) < 4.78 is 63.9. The maximum absolute atomic E-state index is 14.7. The lowest BCUT2D eigenvalue weighted by molar-refractivity contribution is -0.251. The summed E-state index contributed by atoms with van der Waals surface area (Å²) in [5, 5.41) is 10.1. The minimum Gasteiger partial charge on any atom is -0.756 e. The van der Waals surface area contributed by atoms with Gasteiger partial charge in [-0.1, -0.05) is 6.08 Å². The highest BCUT2D eigenvalue weighted by atomic mass is 31.3. The maximum atomic E-state index is 14.7. The van der Waals surface area contributed by atoms with Crippen molar-refractivity contribution in [2.45, 2.75) is 30.5 Å². The number of hydrogen-bond donors (Lipinski definition) is 2. The van der Waals surface area contributed by atoms with Crippen LogP contribution in [-0.4, -0.2) is 57.3 Å². The van der Waals surface area contributed by atoms with Gasteiger partial charge in [-0.25, -0.2) is 13.0 Å². The molecule has 1 fully saturated rings. The average Bonchev–Trinajstić information content (AvgIpc) is 2.82. The molecule has 2 rings (SSSR count). The molecule has 15 nitrogen and oxygen atoms in total. The van der Waals surface area contributed by atoms with E-state index in [1.165, 1.54) is 0 Å². The summed E-state index contributed by atoms with van der Waals surface area (Å²) in [7, 11) is -18.1. The van der Waals surface area contributed by atoms with Gasteiger partial charge in [-0.05, 0) is 6.08 Å². The molecule has 19 heteroatoms. The molecule has 2 aliphatic rings. The van der Waals surface area contributed by atoms with Crippen molar-refractivity contribution in [2.75, 3.05) is 6.61 Å². The largest absolute Gasteiger partial charge is 0.756 e. The fourth-order valence-corrected chi connectivity index (χ4v) is 5.51. The van der Waals surface area contributed by atoms with Gasteiger partial charge in [0.25, 0.3) is 23.5 Å². The molecule has 0 radical (unpaired) electrons. The number of hydrogen-bond acceptors (Lipinski definition) is 13. The van der Waals surface area contributed by atoms with Crippen LogP contribution in [0.2, 0.25) is 0 Å². The van der Waals surface area contributed by atoms with E-state index in [1.54, 1.807) is 0 Å². The van der Waals surface area contributed by atoms with E-state index < -0.39 is 72.3 Å². The second-order valence-corrected chi connectivity index (χ2v) is 10.4. The van der Waals surface area contributed by atoms with Gasteiger partial charge in [0.05, 0.1) is 13.0 Å². The van der Waals surface area contributed by atoms with Gasteiger partial charge in [0.15, 0.2) is 18.2 Å². The van der Waals surface area contributed by atoms with E-state index in [-0.39, 0.29) is 0 Å². The van der Waals surface area contributed by atoms with Crippen molar-refractivity contribution in [3.63, 3.8) is 0 Å². The van der Waals surface area contributed by atoms with Crippen LogP contribution in [0.15, 0.2) is 24.9 Å². The van der Waals surface area contributed by atoms with Gasteiger partial charge in [-0.15, -0.1) is 6.58 Å². The minimum atomic E-state index is -6.18. The van der Waals surface area contributed by atoms with E-state index in [4.69, 9.17) is 9.63 Å². The molecule has 1 amide bonds. The highest BCUT2D eigenvalue weighted by Gasteiger charge is 2.57. The number of ether oxygens (including phenoxy) is 1. The monoisotopic (exact) mass is 508 g/mol. The molecule has 176 valence electrons. The molecular formula is C12H14FNO14P3-3. The first-order valence-electron chi connectivity index (χ1n) is 7.90. The number of amides is 1. The normalized spacial score (nSPS) is 34.8. The van der Waals surface area contributed by atoms with Crippen LogP contribution in [0, 0.1) is 0 Å². The van der Waals surface area contributed by atoms with Crippen LogP contribution >= 0.6 is 23.5 Å². The van der Waals surface area contributed by atoms with Crippen molar-refractivity contribution in [2.24, 2.45) is 0 Å². The number of alkyl halides is 1. The van der Waals surface area contributed by atoms with Gasteiger partial charge in [0.1, 0.15) is 11.7 Å². The molecule has 0 aromatic carbocycles. The molecule has 0 aliphatic carbocycles. The van der Waals surface area contributed by atoms with Crippen molar-refractivity contribution >= 4 is 35.2 Å². The highest BCUT2D eigenvalue weighted by molar-refractivity contribution is 7.65. The van der Waals surface area contributed by atoms with Gasteiger partial charge >= 0.3 is 0 Å². The summed E-state index contributed by atoms with van der Waals surface area (Å²) in [6.07, 6.45) is -4.36. The molecule has 2 heterocycles. The maximum Gasteiger partial charge on any atom is 0.280 e. The number of phosphoric acid groups is 3. The Morgan fingerprint density at radius 1 is 1.29 bits per heavy atom. The van der Waals surface area contributed by atoms with Crippen LogP contribution in [0.1, 0.15) is 6.42 Å². The van der Waals surface area contributed by atoms with Crippen molar-refractivity contribution < 1.29 is 70.2 Å². The summed E-state index contributed by atoms with van der Waals surface area (Å²) >= 11 is 0. The number of allylic oxidation sites excluding steroid dienone is 1. The Kier molecular flexibility index (Phi) is 7.61. The fourth-order valence-electron chi connectivity index (χ4n) is 2.59. The van der Waals surface area contributed by atoms with Crippen LogP contribution in [0.5, 0.6) is 0 Å². The number of aliphatic hydroxyl groups is 1. The van der Waals surface area contributed by atoms with E-state index >= 15 is 0 Å². The van der Waals surface area contributed by atoms with E-state index in [0.717, 1.165) is 12.3 Å². The molecule has 2 N–H and O–H groups in total. The van der Waals surface area contributed by atoms with E-state index in [0.29, 0.717) is 11.0 Å². The number of nitrogens with zero attached hydrogens (tertiary/aromatic N) is 1. The lowest BCUT2D eigenvalue weighted by atomic mass is 9.97. The Bertz CT molecular complexity index is 934. The summed E-state index contributed by atoms with van der Waals surface area (Å²) in [6.45, 7) is 1.83. The molecule has 2 aliphatic heterocycles. The van der Waals surface area contributed by atoms with Crippen LogP contribution in [0.3, 0.4) is 0 Å². The van der Waals surface area contributed by atoms with Crippen LogP contribution in [-0.2, 0) is 41.2 Å². The summed E-state index contributed by atoms with van der Waals surface area (Å²) in [4.78, 5) is 65.5. The molecule has 0 aromatic heterocycles. The second kappa shape index (κ2) is 9.02. The summed E-state index contributed by atoms with van der Waals surface area (Å²) in [5.74, 6) is -1.43. The second-order valence-electron chi connectivity index (χ2n) is 6.12. The van der Waals surface area contributed by atoms with Gasteiger partial charge in [-0.2, -0.15) is 0 Å². The number of rotatable bonds is 9. The number of carbonyl (C=O) groups is 2. The van der Waals surface area contributed by atoms with Crippen LogP contribution in [0.4, 0.5) is 4.39 Å². The predicted molar refractivity (Wildman–Crippen MR) is 87.5 cm³/mol. The third kappa shape index (κ3) is 6.45. The Balaban J connectivity index is 2.16. The first kappa shape index (κ1) is 26.1. The van der Waals surface area contributed by atoms with Crippen LogP contribution in [0.25, 0.3) is 0 Å². The molecule has 31 heavy (non-hydrogen) atoms. The smallest absolute Gasteiger partial charge is 0.280 e. The molecular weight excluding hydrogens is 494 g/mol. The van der Waals surface area contributed by atoms with Crippen molar-refractivity contribution in [1.82, 2.24) is 4.90 Å². The van der Waals surface area contributed by atoms with Crippen molar-refractivity contribution in [3.8, 4) is 0 Å². The zero-order chi connectivity index (χ0) is 23.8. The van der Waals surface area contributed by atoms with E-state index in [9.17, 15) is 47.5 Å². The number of carbonyl (C=O) groups excluding carboxylic acids is 2. The molecule has 7 atom stereocenters. The van der Waals surface area contributed by atoms with Crippen molar-refractivity contribution in [1.29, 1.82) is 0 Å². The highest BCUT2D eigenvalue weighted by Crippen LogP contribution is 2.61. The summed E-state index contributed by atoms with van der Waals surface area (Å²) in [6, 6.07) is 0. The van der Waals surface area contributed by atoms with Crippen molar-refractivity contribution in [3.05, 3.63) is 24.9 Å². The summed E-state index contributed by atoms with van der Waals surface area (Å²) in [5.41, 5.74) is -2.46. The number of phosphoric ester groups is 1.